The fourth-order valence-electron chi connectivity index (χ4n) is 0.826. The van der Waals surface area contributed by atoms with Crippen molar-refractivity contribution < 1.29 is 8.78 Å². The first-order chi connectivity index (χ1) is 6.06. The summed E-state index contributed by atoms with van der Waals surface area (Å²) in [7, 11) is 0. The number of hydrogen-bond acceptors (Lipinski definition) is 2. The van der Waals surface area contributed by atoms with Crippen molar-refractivity contribution in [3.63, 3.8) is 0 Å². The summed E-state index contributed by atoms with van der Waals surface area (Å²) in [5.74, 6) is 0.109. The molecule has 0 fully saturated rings. The molecule has 0 aliphatic heterocycles. The standard InChI is InChI=1S/C7H6ClF2IN2/c8-2-5-3(11)1-4(12)6(13-5)7(9)10/h1,7H,2,12H2. The van der Waals surface area contributed by atoms with E-state index < -0.39 is 12.1 Å². The maximum absolute atomic E-state index is 12.3. The van der Waals surface area contributed by atoms with E-state index in [4.69, 9.17) is 17.3 Å². The molecule has 1 aromatic heterocycles. The highest BCUT2D eigenvalue weighted by molar-refractivity contribution is 14.1. The van der Waals surface area contributed by atoms with Crippen LogP contribution in [0.25, 0.3) is 0 Å². The highest BCUT2D eigenvalue weighted by Crippen LogP contribution is 2.26. The van der Waals surface area contributed by atoms with Crippen LogP contribution in [0.3, 0.4) is 0 Å². The van der Waals surface area contributed by atoms with Gasteiger partial charge in [0.25, 0.3) is 6.43 Å². The average molecular weight is 318 g/mol. The van der Waals surface area contributed by atoms with Gasteiger partial charge in [0.15, 0.2) is 0 Å². The van der Waals surface area contributed by atoms with Crippen molar-refractivity contribution in [3.05, 3.63) is 21.0 Å². The van der Waals surface area contributed by atoms with Gasteiger partial charge in [-0.2, -0.15) is 0 Å². The van der Waals surface area contributed by atoms with Crippen LogP contribution in [0.5, 0.6) is 0 Å². The van der Waals surface area contributed by atoms with E-state index >= 15 is 0 Å². The van der Waals surface area contributed by atoms with E-state index in [0.717, 1.165) is 0 Å². The summed E-state index contributed by atoms with van der Waals surface area (Å²) in [6.45, 7) is 0. The minimum atomic E-state index is -2.65. The second-order valence-electron chi connectivity index (χ2n) is 2.33. The van der Waals surface area contributed by atoms with Gasteiger partial charge in [-0.15, -0.1) is 11.6 Å². The predicted molar refractivity (Wildman–Crippen MR) is 55.9 cm³/mol. The number of anilines is 1. The van der Waals surface area contributed by atoms with Gasteiger partial charge >= 0.3 is 0 Å². The molecule has 0 aliphatic rings. The van der Waals surface area contributed by atoms with Crippen LogP contribution in [0.15, 0.2) is 6.07 Å². The topological polar surface area (TPSA) is 38.9 Å². The normalized spacial score (nSPS) is 10.8. The van der Waals surface area contributed by atoms with E-state index in [1.54, 1.807) is 0 Å². The first-order valence-corrected chi connectivity index (χ1v) is 4.96. The Bertz CT molecular complexity index is 320. The van der Waals surface area contributed by atoms with Gasteiger partial charge < -0.3 is 5.73 Å². The van der Waals surface area contributed by atoms with Crippen LogP contribution < -0.4 is 5.73 Å². The lowest BCUT2D eigenvalue weighted by atomic mass is 10.3. The Morgan fingerprint density at radius 1 is 1.62 bits per heavy atom. The summed E-state index contributed by atoms with van der Waals surface area (Å²) in [6, 6.07) is 1.45. The minimum Gasteiger partial charge on any atom is -0.397 e. The molecule has 0 saturated heterocycles. The van der Waals surface area contributed by atoms with Crippen molar-refractivity contribution >= 4 is 39.9 Å². The van der Waals surface area contributed by atoms with Gasteiger partial charge in [0.2, 0.25) is 0 Å². The van der Waals surface area contributed by atoms with Gasteiger partial charge in [-0.25, -0.2) is 13.8 Å². The monoisotopic (exact) mass is 318 g/mol. The molecule has 1 aromatic rings. The molecule has 1 heterocycles. The third-order valence-corrected chi connectivity index (χ3v) is 2.63. The van der Waals surface area contributed by atoms with Gasteiger partial charge in [0.1, 0.15) is 5.69 Å². The van der Waals surface area contributed by atoms with Crippen molar-refractivity contribution in [2.75, 3.05) is 5.73 Å². The highest BCUT2D eigenvalue weighted by Gasteiger charge is 2.15. The van der Waals surface area contributed by atoms with Gasteiger partial charge in [-0.3, -0.25) is 0 Å². The third-order valence-electron chi connectivity index (χ3n) is 1.44. The number of hydrogen-bond donors (Lipinski definition) is 1. The molecule has 0 atom stereocenters. The number of nitrogens with two attached hydrogens (primary N) is 1. The second kappa shape index (κ2) is 4.36. The fraction of sp³-hybridized carbons (Fsp3) is 0.286. The number of rotatable bonds is 2. The second-order valence-corrected chi connectivity index (χ2v) is 3.76. The quantitative estimate of drug-likeness (QED) is 0.672. The van der Waals surface area contributed by atoms with Crippen molar-refractivity contribution in [2.24, 2.45) is 0 Å². The lowest BCUT2D eigenvalue weighted by Crippen LogP contribution is -2.03. The fourth-order valence-corrected chi connectivity index (χ4v) is 1.90. The molecule has 13 heavy (non-hydrogen) atoms. The van der Waals surface area contributed by atoms with E-state index in [9.17, 15) is 8.78 Å². The van der Waals surface area contributed by atoms with Gasteiger partial charge in [0.05, 0.1) is 17.3 Å². The molecule has 6 heteroatoms. The molecular formula is C7H6ClF2IN2. The number of nitrogens with zero attached hydrogens (tertiary/aromatic N) is 1. The minimum absolute atomic E-state index is 0.00765. The summed E-state index contributed by atoms with van der Waals surface area (Å²) < 4.78 is 25.3. The summed E-state index contributed by atoms with van der Waals surface area (Å²) >= 11 is 7.46. The van der Waals surface area contributed by atoms with Crippen LogP contribution in [-0.2, 0) is 5.88 Å². The largest absolute Gasteiger partial charge is 0.397 e. The SMILES string of the molecule is Nc1cc(I)c(CCl)nc1C(F)F. The summed E-state index contributed by atoms with van der Waals surface area (Å²) in [4.78, 5) is 3.68. The Morgan fingerprint density at radius 2 is 2.23 bits per heavy atom. The Hall–Kier alpha value is -0.170. The number of nitrogen functional groups attached to an aromatic ring is 1. The molecule has 0 aliphatic carbocycles. The molecule has 2 N–H and O–H groups in total. The van der Waals surface area contributed by atoms with Crippen LogP contribution in [0.2, 0.25) is 0 Å². The Morgan fingerprint density at radius 3 is 2.69 bits per heavy atom. The van der Waals surface area contributed by atoms with Gasteiger partial charge in [-0.05, 0) is 28.7 Å². The van der Waals surface area contributed by atoms with E-state index in [1.165, 1.54) is 6.07 Å². The van der Waals surface area contributed by atoms with E-state index in [0.29, 0.717) is 9.26 Å². The Labute approximate surface area is 92.6 Å². The summed E-state index contributed by atoms with van der Waals surface area (Å²) in [5.41, 5.74) is 5.41. The molecule has 0 aromatic carbocycles. The third kappa shape index (κ3) is 2.40. The zero-order valence-electron chi connectivity index (χ0n) is 6.40. The number of alkyl halides is 3. The van der Waals surface area contributed by atoms with E-state index in [-0.39, 0.29) is 11.6 Å². The van der Waals surface area contributed by atoms with E-state index in [1.807, 2.05) is 22.6 Å². The molecule has 0 bridgehead atoms. The molecule has 2 nitrogen and oxygen atoms in total. The van der Waals surface area contributed by atoms with Crippen LogP contribution in [0, 0.1) is 3.57 Å². The first kappa shape index (κ1) is 10.9. The molecule has 0 spiro atoms. The van der Waals surface area contributed by atoms with Crippen molar-refractivity contribution in [1.29, 1.82) is 0 Å². The Kier molecular flexibility index (Phi) is 3.66. The van der Waals surface area contributed by atoms with Crippen LogP contribution in [0.4, 0.5) is 14.5 Å². The molecule has 72 valence electrons. The summed E-state index contributed by atoms with van der Waals surface area (Å²) in [5, 5.41) is 0. The van der Waals surface area contributed by atoms with Gasteiger partial charge in [-0.1, -0.05) is 0 Å². The van der Waals surface area contributed by atoms with Gasteiger partial charge in [0, 0.05) is 3.57 Å². The zero-order valence-corrected chi connectivity index (χ0v) is 9.31. The molecule has 0 saturated carbocycles. The molecule has 1 rings (SSSR count). The van der Waals surface area contributed by atoms with Crippen molar-refractivity contribution in [2.45, 2.75) is 12.3 Å². The van der Waals surface area contributed by atoms with E-state index in [2.05, 4.69) is 4.98 Å². The van der Waals surface area contributed by atoms with Crippen molar-refractivity contribution in [1.82, 2.24) is 4.98 Å². The lowest BCUT2D eigenvalue weighted by Gasteiger charge is -2.07. The number of halogens is 4. The highest BCUT2D eigenvalue weighted by atomic mass is 127. The molecule has 0 radical (unpaired) electrons. The molecular weight excluding hydrogens is 312 g/mol. The maximum atomic E-state index is 12.3. The van der Waals surface area contributed by atoms with Crippen LogP contribution in [0.1, 0.15) is 17.8 Å². The zero-order chi connectivity index (χ0) is 10.0. The Balaban J connectivity index is 3.22. The molecule has 0 amide bonds. The maximum Gasteiger partial charge on any atom is 0.282 e. The average Bonchev–Trinajstić information content (AvgIpc) is 2.03. The first-order valence-electron chi connectivity index (χ1n) is 3.35. The van der Waals surface area contributed by atoms with Crippen LogP contribution in [-0.4, -0.2) is 4.98 Å². The van der Waals surface area contributed by atoms with Crippen molar-refractivity contribution in [3.8, 4) is 0 Å². The number of aromatic nitrogens is 1. The molecule has 0 unspecified atom stereocenters. The lowest BCUT2D eigenvalue weighted by molar-refractivity contribution is 0.147. The summed E-state index contributed by atoms with van der Waals surface area (Å²) in [6.07, 6.45) is -2.65. The smallest absolute Gasteiger partial charge is 0.282 e. The van der Waals surface area contributed by atoms with Crippen LogP contribution >= 0.6 is 34.2 Å². The predicted octanol–water partition coefficient (Wildman–Crippen LogP) is 2.94. The number of pyridine rings is 1.